The van der Waals surface area contributed by atoms with Crippen LogP contribution in [-0.2, 0) is 0 Å². The summed E-state index contributed by atoms with van der Waals surface area (Å²) in [6.45, 7) is 8.42. The molecule has 19 heavy (non-hydrogen) atoms. The van der Waals surface area contributed by atoms with E-state index in [0.29, 0.717) is 0 Å². The van der Waals surface area contributed by atoms with Crippen LogP contribution in [0.15, 0.2) is 12.7 Å². The van der Waals surface area contributed by atoms with Crippen molar-refractivity contribution in [3.63, 3.8) is 0 Å². The van der Waals surface area contributed by atoms with Crippen molar-refractivity contribution in [3.8, 4) is 0 Å². The molecule has 0 aliphatic carbocycles. The molecule has 0 aromatic rings. The Labute approximate surface area is 123 Å². The van der Waals surface area contributed by atoms with E-state index in [9.17, 15) is 0 Å². The molecular weight excluding hydrogens is 228 g/mol. The third-order valence-electron chi connectivity index (χ3n) is 3.94. The Bertz CT molecular complexity index is 169. The van der Waals surface area contributed by atoms with Gasteiger partial charge in [0.2, 0.25) is 0 Å². The van der Waals surface area contributed by atoms with Crippen LogP contribution in [0.4, 0.5) is 0 Å². The molecule has 0 radical (unpaired) electrons. The number of allylic oxidation sites excluding steroid dienone is 1. The summed E-state index contributed by atoms with van der Waals surface area (Å²) >= 11 is 0. The predicted molar refractivity (Wildman–Crippen MR) is 89.7 cm³/mol. The zero-order valence-corrected chi connectivity index (χ0v) is 13.8. The minimum absolute atomic E-state index is 0.895. The third-order valence-corrected chi connectivity index (χ3v) is 3.94. The Morgan fingerprint density at radius 1 is 0.632 bits per heavy atom. The SMILES string of the molecule is C=CCCCCCCCCCCCCCCC(C)C. The Morgan fingerprint density at radius 2 is 1.00 bits per heavy atom. The van der Waals surface area contributed by atoms with Crippen molar-refractivity contribution >= 4 is 0 Å². The lowest BCUT2D eigenvalue weighted by atomic mass is 10.0. The molecule has 0 amide bonds. The average molecular weight is 267 g/mol. The Hall–Kier alpha value is -0.260. The summed E-state index contributed by atoms with van der Waals surface area (Å²) in [5.74, 6) is 0.895. The molecule has 114 valence electrons. The summed E-state index contributed by atoms with van der Waals surface area (Å²) in [7, 11) is 0. The normalized spacial score (nSPS) is 11.1. The van der Waals surface area contributed by atoms with Gasteiger partial charge in [-0.05, 0) is 18.8 Å². The van der Waals surface area contributed by atoms with Gasteiger partial charge in [-0.3, -0.25) is 0 Å². The van der Waals surface area contributed by atoms with E-state index in [1.807, 2.05) is 6.08 Å². The fourth-order valence-electron chi connectivity index (χ4n) is 2.61. The lowest BCUT2D eigenvalue weighted by molar-refractivity contribution is 0.503. The number of rotatable bonds is 15. The van der Waals surface area contributed by atoms with Crippen molar-refractivity contribution in [2.75, 3.05) is 0 Å². The fourth-order valence-corrected chi connectivity index (χ4v) is 2.61. The molecule has 0 saturated heterocycles. The second-order valence-electron chi connectivity index (χ2n) is 6.50. The molecule has 0 heterocycles. The molecular formula is C19H38. The summed E-state index contributed by atoms with van der Waals surface area (Å²) in [6, 6.07) is 0. The van der Waals surface area contributed by atoms with Crippen molar-refractivity contribution in [2.24, 2.45) is 5.92 Å². The van der Waals surface area contributed by atoms with Crippen LogP contribution in [0, 0.1) is 5.92 Å². The molecule has 0 rings (SSSR count). The van der Waals surface area contributed by atoms with Gasteiger partial charge in [0, 0.05) is 0 Å². The maximum Gasteiger partial charge on any atom is -0.0353 e. The van der Waals surface area contributed by atoms with Crippen molar-refractivity contribution in [1.29, 1.82) is 0 Å². The van der Waals surface area contributed by atoms with Gasteiger partial charge in [0.25, 0.3) is 0 Å². The number of hydrogen-bond acceptors (Lipinski definition) is 0. The van der Waals surface area contributed by atoms with E-state index < -0.39 is 0 Å². The summed E-state index contributed by atoms with van der Waals surface area (Å²) in [5.41, 5.74) is 0. The van der Waals surface area contributed by atoms with E-state index in [0.717, 1.165) is 5.92 Å². The quantitative estimate of drug-likeness (QED) is 0.216. The summed E-state index contributed by atoms with van der Waals surface area (Å²) in [5, 5.41) is 0. The van der Waals surface area contributed by atoms with Gasteiger partial charge >= 0.3 is 0 Å². The zero-order chi connectivity index (χ0) is 14.2. The number of unbranched alkanes of at least 4 members (excludes halogenated alkanes) is 12. The van der Waals surface area contributed by atoms with Gasteiger partial charge in [-0.2, -0.15) is 0 Å². The van der Waals surface area contributed by atoms with Crippen molar-refractivity contribution in [2.45, 2.75) is 104 Å². The lowest BCUT2D eigenvalue weighted by Crippen LogP contribution is -1.87. The van der Waals surface area contributed by atoms with Crippen LogP contribution in [0.25, 0.3) is 0 Å². The van der Waals surface area contributed by atoms with Crippen molar-refractivity contribution in [1.82, 2.24) is 0 Å². The maximum atomic E-state index is 3.76. The van der Waals surface area contributed by atoms with Gasteiger partial charge < -0.3 is 0 Å². The third kappa shape index (κ3) is 17.7. The molecule has 0 N–H and O–H groups in total. The minimum atomic E-state index is 0.895. The molecule has 0 fully saturated rings. The molecule has 0 atom stereocenters. The van der Waals surface area contributed by atoms with E-state index in [4.69, 9.17) is 0 Å². The molecule has 0 aliphatic rings. The number of hydrogen-bond donors (Lipinski definition) is 0. The second kappa shape index (κ2) is 15.8. The first-order valence-electron chi connectivity index (χ1n) is 8.88. The molecule has 0 aromatic carbocycles. The van der Waals surface area contributed by atoms with Gasteiger partial charge in [0.05, 0.1) is 0 Å². The maximum absolute atomic E-state index is 3.76. The van der Waals surface area contributed by atoms with Crippen LogP contribution in [-0.4, -0.2) is 0 Å². The van der Waals surface area contributed by atoms with Crippen LogP contribution in [0.5, 0.6) is 0 Å². The van der Waals surface area contributed by atoms with E-state index in [1.54, 1.807) is 0 Å². The molecule has 0 nitrogen and oxygen atoms in total. The molecule has 0 spiro atoms. The van der Waals surface area contributed by atoms with Crippen LogP contribution in [0.3, 0.4) is 0 Å². The molecule has 0 unspecified atom stereocenters. The van der Waals surface area contributed by atoms with E-state index in [1.165, 1.54) is 89.9 Å². The first-order chi connectivity index (χ1) is 9.27. The fraction of sp³-hybridized carbons (Fsp3) is 0.895. The lowest BCUT2D eigenvalue weighted by Gasteiger charge is -2.04. The first kappa shape index (κ1) is 18.7. The van der Waals surface area contributed by atoms with Gasteiger partial charge in [0.1, 0.15) is 0 Å². The van der Waals surface area contributed by atoms with E-state index in [-0.39, 0.29) is 0 Å². The average Bonchev–Trinajstić information content (AvgIpc) is 2.39. The highest BCUT2D eigenvalue weighted by Gasteiger charge is 1.95. The zero-order valence-electron chi connectivity index (χ0n) is 13.8. The highest BCUT2D eigenvalue weighted by Crippen LogP contribution is 2.14. The Kier molecular flexibility index (Phi) is 15.6. The summed E-state index contributed by atoms with van der Waals surface area (Å²) < 4.78 is 0. The van der Waals surface area contributed by atoms with Gasteiger partial charge in [-0.15, -0.1) is 6.58 Å². The van der Waals surface area contributed by atoms with Crippen LogP contribution in [0.1, 0.15) is 104 Å². The van der Waals surface area contributed by atoms with E-state index in [2.05, 4.69) is 20.4 Å². The second-order valence-corrected chi connectivity index (χ2v) is 6.50. The predicted octanol–water partition coefficient (Wildman–Crippen LogP) is 7.29. The Balaban J connectivity index is 2.93. The largest absolute Gasteiger partial charge is 0.103 e. The molecule has 0 heteroatoms. The van der Waals surface area contributed by atoms with E-state index >= 15 is 0 Å². The van der Waals surface area contributed by atoms with Crippen LogP contribution in [0.2, 0.25) is 0 Å². The summed E-state index contributed by atoms with van der Waals surface area (Å²) in [4.78, 5) is 0. The highest BCUT2D eigenvalue weighted by molar-refractivity contribution is 4.65. The molecule has 0 saturated carbocycles. The molecule has 0 bridgehead atoms. The minimum Gasteiger partial charge on any atom is -0.103 e. The smallest absolute Gasteiger partial charge is 0.0353 e. The van der Waals surface area contributed by atoms with Gasteiger partial charge in [-0.25, -0.2) is 0 Å². The Morgan fingerprint density at radius 3 is 1.37 bits per heavy atom. The molecule has 0 aliphatic heterocycles. The highest BCUT2D eigenvalue weighted by atomic mass is 14.0. The van der Waals surface area contributed by atoms with Gasteiger partial charge in [0.15, 0.2) is 0 Å². The molecule has 0 aromatic heterocycles. The topological polar surface area (TPSA) is 0 Å². The summed E-state index contributed by atoms with van der Waals surface area (Å²) in [6.07, 6.45) is 22.0. The van der Waals surface area contributed by atoms with Crippen LogP contribution >= 0.6 is 0 Å². The van der Waals surface area contributed by atoms with Gasteiger partial charge in [-0.1, -0.05) is 97.0 Å². The monoisotopic (exact) mass is 266 g/mol. The van der Waals surface area contributed by atoms with Crippen LogP contribution < -0.4 is 0 Å². The first-order valence-corrected chi connectivity index (χ1v) is 8.88. The standard InChI is InChI=1S/C19H38/c1-4-5-6-7-8-9-10-11-12-13-14-15-16-17-18-19(2)3/h4,19H,1,5-18H2,2-3H3. The van der Waals surface area contributed by atoms with Crippen molar-refractivity contribution < 1.29 is 0 Å². The van der Waals surface area contributed by atoms with Crippen molar-refractivity contribution in [3.05, 3.63) is 12.7 Å².